The third-order valence-corrected chi connectivity index (χ3v) is 4.20. The van der Waals surface area contributed by atoms with Gasteiger partial charge in [-0.05, 0) is 29.8 Å². The van der Waals surface area contributed by atoms with Crippen LogP contribution in [0.1, 0.15) is 0 Å². The van der Waals surface area contributed by atoms with Crippen molar-refractivity contribution in [2.24, 2.45) is 0 Å². The number of nitrogen functional groups attached to an aromatic ring is 1. The molecular formula is C19H13N5O. The molecule has 0 aliphatic carbocycles. The maximum Gasteiger partial charge on any atom is 0.206 e. The maximum atomic E-state index is 6.14. The predicted molar refractivity (Wildman–Crippen MR) is 95.8 cm³/mol. The second-order valence-electron chi connectivity index (χ2n) is 5.70. The average molecular weight is 327 g/mol. The number of anilines is 1. The number of para-hydroxylation sites is 1. The van der Waals surface area contributed by atoms with Crippen LogP contribution in [0.15, 0.2) is 71.7 Å². The molecule has 0 atom stereocenters. The molecule has 0 bridgehead atoms. The normalized spacial score (nSPS) is 11.4. The van der Waals surface area contributed by atoms with Gasteiger partial charge in [0, 0.05) is 30.2 Å². The molecule has 120 valence electrons. The lowest BCUT2D eigenvalue weighted by molar-refractivity contribution is 0.629. The molecule has 5 aromatic rings. The summed E-state index contributed by atoms with van der Waals surface area (Å²) in [6, 6.07) is 13.7. The van der Waals surface area contributed by atoms with Gasteiger partial charge in [-0.1, -0.05) is 18.2 Å². The van der Waals surface area contributed by atoms with Crippen LogP contribution in [0, 0.1) is 0 Å². The van der Waals surface area contributed by atoms with E-state index in [2.05, 4.69) is 15.0 Å². The van der Waals surface area contributed by atoms with E-state index in [1.807, 2.05) is 42.5 Å². The Bertz CT molecular complexity index is 1170. The van der Waals surface area contributed by atoms with Gasteiger partial charge in [0.25, 0.3) is 0 Å². The first-order chi connectivity index (χ1) is 12.3. The Morgan fingerprint density at radius 2 is 1.84 bits per heavy atom. The van der Waals surface area contributed by atoms with Crippen molar-refractivity contribution < 1.29 is 4.42 Å². The Morgan fingerprint density at radius 3 is 2.68 bits per heavy atom. The fourth-order valence-corrected chi connectivity index (χ4v) is 3.06. The van der Waals surface area contributed by atoms with Crippen molar-refractivity contribution in [3.8, 4) is 22.6 Å². The highest BCUT2D eigenvalue weighted by molar-refractivity contribution is 5.92. The van der Waals surface area contributed by atoms with E-state index in [1.165, 1.54) is 0 Å². The van der Waals surface area contributed by atoms with E-state index >= 15 is 0 Å². The summed E-state index contributed by atoms with van der Waals surface area (Å²) in [6.07, 6.45) is 6.99. The lowest BCUT2D eigenvalue weighted by Gasteiger charge is -2.10. The molecule has 6 heteroatoms. The molecule has 4 aromatic heterocycles. The van der Waals surface area contributed by atoms with Gasteiger partial charge < -0.3 is 10.2 Å². The summed E-state index contributed by atoms with van der Waals surface area (Å²) in [5, 5.41) is 1.02. The lowest BCUT2D eigenvalue weighted by Crippen LogP contribution is -2.03. The summed E-state index contributed by atoms with van der Waals surface area (Å²) in [5.41, 5.74) is 10.2. The summed E-state index contributed by atoms with van der Waals surface area (Å²) in [7, 11) is 0. The van der Waals surface area contributed by atoms with Gasteiger partial charge in [0.1, 0.15) is 16.9 Å². The molecule has 25 heavy (non-hydrogen) atoms. The number of hydrogen-bond acceptors (Lipinski definition) is 5. The first kappa shape index (κ1) is 13.7. The monoisotopic (exact) mass is 327 g/mol. The molecule has 2 N–H and O–H groups in total. The number of hydrogen-bond donors (Lipinski definition) is 1. The third kappa shape index (κ3) is 2.08. The zero-order valence-electron chi connectivity index (χ0n) is 13.1. The number of fused-ring (bicyclic) bond motifs is 2. The smallest absolute Gasteiger partial charge is 0.206 e. The summed E-state index contributed by atoms with van der Waals surface area (Å²) < 4.78 is 7.79. The van der Waals surface area contributed by atoms with Gasteiger partial charge in [-0.2, -0.15) is 0 Å². The average Bonchev–Trinajstić information content (AvgIpc) is 3.29. The molecule has 0 spiro atoms. The highest BCUT2D eigenvalue weighted by Gasteiger charge is 2.19. The molecule has 4 heterocycles. The minimum Gasteiger partial charge on any atom is -0.454 e. The molecule has 0 aliphatic heterocycles. The molecule has 0 unspecified atom stereocenters. The number of benzene rings is 1. The number of aromatic nitrogens is 4. The number of pyridine rings is 1. The van der Waals surface area contributed by atoms with Crippen LogP contribution in [0.2, 0.25) is 0 Å². The SMILES string of the molecule is Nc1nc(-c2cc3ccccc3o2)c(-c2ccncc2)c2nccn12. The van der Waals surface area contributed by atoms with Crippen LogP contribution in [0.25, 0.3) is 39.2 Å². The fraction of sp³-hybridized carbons (Fsp3) is 0. The lowest BCUT2D eigenvalue weighted by atomic mass is 10.0. The largest absolute Gasteiger partial charge is 0.454 e. The Kier molecular flexibility index (Phi) is 2.84. The van der Waals surface area contributed by atoms with Gasteiger partial charge >= 0.3 is 0 Å². The fourth-order valence-electron chi connectivity index (χ4n) is 3.06. The van der Waals surface area contributed by atoms with Gasteiger partial charge in [-0.3, -0.25) is 9.38 Å². The van der Waals surface area contributed by atoms with Crippen molar-refractivity contribution >= 4 is 22.6 Å². The molecule has 0 saturated heterocycles. The maximum absolute atomic E-state index is 6.14. The van der Waals surface area contributed by atoms with Crippen molar-refractivity contribution in [1.29, 1.82) is 0 Å². The van der Waals surface area contributed by atoms with Crippen LogP contribution < -0.4 is 5.73 Å². The predicted octanol–water partition coefficient (Wildman–Crippen LogP) is 3.79. The number of rotatable bonds is 2. The van der Waals surface area contributed by atoms with Gasteiger partial charge in [0.15, 0.2) is 5.76 Å². The van der Waals surface area contributed by atoms with E-state index in [9.17, 15) is 0 Å². The van der Waals surface area contributed by atoms with Crippen LogP contribution in [0.3, 0.4) is 0 Å². The second-order valence-corrected chi connectivity index (χ2v) is 5.70. The standard InChI is InChI=1S/C19H13N5O/c20-19-23-17(15-11-13-3-1-2-4-14(13)25-15)16(12-5-7-21-8-6-12)18-22-9-10-24(18)19/h1-11H,(H2,20,23). The molecule has 6 nitrogen and oxygen atoms in total. The molecule has 0 amide bonds. The third-order valence-electron chi connectivity index (χ3n) is 4.20. The van der Waals surface area contributed by atoms with Crippen LogP contribution in [-0.4, -0.2) is 19.4 Å². The summed E-state index contributed by atoms with van der Waals surface area (Å²) in [4.78, 5) is 13.2. The van der Waals surface area contributed by atoms with Crippen LogP contribution in [0.4, 0.5) is 5.95 Å². The minimum atomic E-state index is 0.362. The van der Waals surface area contributed by atoms with E-state index in [-0.39, 0.29) is 0 Å². The van der Waals surface area contributed by atoms with E-state index in [4.69, 9.17) is 10.2 Å². The Balaban J connectivity index is 1.88. The quantitative estimate of drug-likeness (QED) is 0.533. The van der Waals surface area contributed by atoms with Gasteiger partial charge in [-0.15, -0.1) is 0 Å². The Hall–Kier alpha value is -3.67. The van der Waals surface area contributed by atoms with Crippen LogP contribution >= 0.6 is 0 Å². The first-order valence-corrected chi connectivity index (χ1v) is 7.83. The number of furan rings is 1. The van der Waals surface area contributed by atoms with E-state index < -0.39 is 0 Å². The molecule has 0 saturated carbocycles. The number of nitrogens with zero attached hydrogens (tertiary/aromatic N) is 4. The van der Waals surface area contributed by atoms with Crippen molar-refractivity contribution in [3.05, 3.63) is 67.3 Å². The number of nitrogens with two attached hydrogens (primary N) is 1. The zero-order valence-corrected chi connectivity index (χ0v) is 13.1. The van der Waals surface area contributed by atoms with Crippen LogP contribution in [0.5, 0.6) is 0 Å². The molecule has 0 radical (unpaired) electrons. The molecule has 0 aliphatic rings. The van der Waals surface area contributed by atoms with Crippen molar-refractivity contribution in [2.75, 3.05) is 5.73 Å². The van der Waals surface area contributed by atoms with Gasteiger partial charge in [-0.25, -0.2) is 9.97 Å². The molecule has 0 fully saturated rings. The van der Waals surface area contributed by atoms with Gasteiger partial charge in [0.2, 0.25) is 5.95 Å². The molecule has 1 aromatic carbocycles. The Morgan fingerprint density at radius 1 is 1.00 bits per heavy atom. The zero-order chi connectivity index (χ0) is 16.8. The van der Waals surface area contributed by atoms with Gasteiger partial charge in [0.05, 0.1) is 5.56 Å². The van der Waals surface area contributed by atoms with E-state index in [0.29, 0.717) is 17.4 Å². The van der Waals surface area contributed by atoms with Crippen molar-refractivity contribution in [2.45, 2.75) is 0 Å². The second kappa shape index (κ2) is 5.17. The van der Waals surface area contributed by atoms with Crippen LogP contribution in [-0.2, 0) is 0 Å². The topological polar surface area (TPSA) is 82.2 Å². The minimum absolute atomic E-state index is 0.362. The van der Waals surface area contributed by atoms with E-state index in [0.717, 1.165) is 27.7 Å². The highest BCUT2D eigenvalue weighted by Crippen LogP contribution is 2.36. The van der Waals surface area contributed by atoms with Crippen molar-refractivity contribution in [1.82, 2.24) is 19.4 Å². The highest BCUT2D eigenvalue weighted by atomic mass is 16.3. The Labute approximate surface area is 142 Å². The molecular weight excluding hydrogens is 314 g/mol. The summed E-state index contributed by atoms with van der Waals surface area (Å²) >= 11 is 0. The number of imidazole rings is 1. The van der Waals surface area contributed by atoms with E-state index in [1.54, 1.807) is 29.2 Å². The summed E-state index contributed by atoms with van der Waals surface area (Å²) in [6.45, 7) is 0. The molecule has 5 rings (SSSR count). The van der Waals surface area contributed by atoms with Crippen molar-refractivity contribution in [3.63, 3.8) is 0 Å². The first-order valence-electron chi connectivity index (χ1n) is 7.83. The summed E-state index contributed by atoms with van der Waals surface area (Å²) in [5.74, 6) is 1.02.